The van der Waals surface area contributed by atoms with Gasteiger partial charge in [-0.2, -0.15) is 0 Å². The third kappa shape index (κ3) is 4.00. The first-order valence-electron chi connectivity index (χ1n) is 10.4. The van der Waals surface area contributed by atoms with Gasteiger partial charge in [0.1, 0.15) is 11.4 Å². The second-order valence-corrected chi connectivity index (χ2v) is 9.11. The highest BCUT2D eigenvalue weighted by Gasteiger charge is 2.45. The minimum absolute atomic E-state index is 0.194. The molecule has 2 aromatic carbocycles. The van der Waals surface area contributed by atoms with Crippen LogP contribution in [0.5, 0.6) is 0 Å². The first kappa shape index (κ1) is 19.5. The quantitative estimate of drug-likeness (QED) is 0.792. The van der Waals surface area contributed by atoms with Gasteiger partial charge in [-0.1, -0.05) is 63.2 Å². The number of hydrogen-bond acceptors (Lipinski definition) is 3. The Morgan fingerprint density at radius 2 is 1.76 bits per heavy atom. The predicted octanol–water partition coefficient (Wildman–Crippen LogP) is 4.53. The number of anilines is 2. The molecule has 0 aliphatic carbocycles. The zero-order valence-corrected chi connectivity index (χ0v) is 17.5. The van der Waals surface area contributed by atoms with Gasteiger partial charge in [-0.25, -0.2) is 0 Å². The van der Waals surface area contributed by atoms with E-state index in [9.17, 15) is 4.79 Å². The summed E-state index contributed by atoms with van der Waals surface area (Å²) in [7, 11) is 0. The SMILES string of the molecule is CC(C)(C)C(=O)N1CCC[C@@]2(C1)Nc1ccccc1NC2=NCc1ccccc1. The average Bonchev–Trinajstić information content (AvgIpc) is 2.72. The number of amidine groups is 1. The number of benzene rings is 2. The van der Waals surface area contributed by atoms with Gasteiger partial charge < -0.3 is 15.5 Å². The first-order chi connectivity index (χ1) is 13.9. The molecule has 0 radical (unpaired) electrons. The topological polar surface area (TPSA) is 56.7 Å². The maximum atomic E-state index is 13.0. The molecule has 1 saturated heterocycles. The lowest BCUT2D eigenvalue weighted by atomic mass is 9.83. The Kier molecular flexibility index (Phi) is 5.07. The van der Waals surface area contributed by atoms with Crippen LogP contribution in [0.25, 0.3) is 0 Å². The van der Waals surface area contributed by atoms with Crippen LogP contribution in [0, 0.1) is 5.41 Å². The van der Waals surface area contributed by atoms with Gasteiger partial charge >= 0.3 is 0 Å². The normalized spacial score (nSPS) is 22.7. The molecule has 2 heterocycles. The van der Waals surface area contributed by atoms with Gasteiger partial charge in [0, 0.05) is 12.0 Å². The second kappa shape index (κ2) is 7.54. The fraction of sp³-hybridized carbons (Fsp3) is 0.417. The Balaban J connectivity index is 1.68. The van der Waals surface area contributed by atoms with Crippen LogP contribution in [-0.4, -0.2) is 35.3 Å². The van der Waals surface area contributed by atoms with Crippen molar-refractivity contribution in [1.82, 2.24) is 4.90 Å². The Bertz CT molecular complexity index is 916. The van der Waals surface area contributed by atoms with Crippen LogP contribution in [0.2, 0.25) is 0 Å². The molecule has 1 spiro atoms. The summed E-state index contributed by atoms with van der Waals surface area (Å²) in [6.07, 6.45) is 1.89. The minimum Gasteiger partial charge on any atom is -0.370 e. The van der Waals surface area contributed by atoms with Crippen LogP contribution < -0.4 is 10.6 Å². The summed E-state index contributed by atoms with van der Waals surface area (Å²) >= 11 is 0. The third-order valence-corrected chi connectivity index (χ3v) is 5.69. The van der Waals surface area contributed by atoms with Crippen molar-refractivity contribution >= 4 is 23.1 Å². The molecule has 5 heteroatoms. The van der Waals surface area contributed by atoms with E-state index in [0.717, 1.165) is 36.6 Å². The molecule has 0 unspecified atom stereocenters. The summed E-state index contributed by atoms with van der Waals surface area (Å²) in [6, 6.07) is 18.5. The van der Waals surface area contributed by atoms with Crippen molar-refractivity contribution in [3.05, 3.63) is 60.2 Å². The zero-order valence-electron chi connectivity index (χ0n) is 17.5. The van der Waals surface area contributed by atoms with E-state index in [2.05, 4.69) is 34.9 Å². The lowest BCUT2D eigenvalue weighted by Gasteiger charge is -2.48. The predicted molar refractivity (Wildman–Crippen MR) is 119 cm³/mol. The molecule has 0 aromatic heterocycles. The molecule has 1 fully saturated rings. The van der Waals surface area contributed by atoms with Crippen LogP contribution >= 0.6 is 0 Å². The highest BCUT2D eigenvalue weighted by molar-refractivity contribution is 6.10. The van der Waals surface area contributed by atoms with Gasteiger partial charge in [-0.15, -0.1) is 0 Å². The number of para-hydroxylation sites is 2. The van der Waals surface area contributed by atoms with E-state index in [0.29, 0.717) is 13.1 Å². The minimum atomic E-state index is -0.389. The maximum absolute atomic E-state index is 13.0. The molecular weight excluding hydrogens is 360 g/mol. The van der Waals surface area contributed by atoms with Gasteiger partial charge in [0.2, 0.25) is 5.91 Å². The second-order valence-electron chi connectivity index (χ2n) is 9.11. The molecule has 0 bridgehead atoms. The highest BCUT2D eigenvalue weighted by Crippen LogP contribution is 2.37. The van der Waals surface area contributed by atoms with Crippen molar-refractivity contribution in [2.45, 2.75) is 45.7 Å². The van der Waals surface area contributed by atoms with Gasteiger partial charge in [-0.3, -0.25) is 9.79 Å². The molecule has 1 amide bonds. The third-order valence-electron chi connectivity index (χ3n) is 5.69. The number of nitrogens with one attached hydrogen (secondary N) is 2. The monoisotopic (exact) mass is 390 g/mol. The van der Waals surface area contributed by atoms with Crippen molar-refractivity contribution in [3.63, 3.8) is 0 Å². The van der Waals surface area contributed by atoms with Gasteiger partial charge in [0.25, 0.3) is 0 Å². The molecule has 2 aliphatic rings. The van der Waals surface area contributed by atoms with Crippen molar-refractivity contribution in [2.24, 2.45) is 10.4 Å². The first-order valence-corrected chi connectivity index (χ1v) is 10.4. The van der Waals surface area contributed by atoms with Gasteiger partial charge in [0.15, 0.2) is 0 Å². The molecule has 0 saturated carbocycles. The van der Waals surface area contributed by atoms with E-state index in [-0.39, 0.29) is 16.9 Å². The number of carbonyl (C=O) groups excluding carboxylic acids is 1. The summed E-state index contributed by atoms with van der Waals surface area (Å²) in [4.78, 5) is 20.0. The number of rotatable bonds is 2. The average molecular weight is 391 g/mol. The van der Waals surface area contributed by atoms with Crippen molar-refractivity contribution < 1.29 is 4.79 Å². The summed E-state index contributed by atoms with van der Waals surface area (Å²) < 4.78 is 0. The standard InChI is InChI=1S/C24H30N4O/c1-23(2,3)22(29)28-15-9-14-24(17-28)21(25-16-18-10-5-4-6-11-18)26-19-12-7-8-13-20(19)27-24/h4-8,10-13,27H,9,14-17H2,1-3H3,(H,25,26)/t24-/m0/s1. The smallest absolute Gasteiger partial charge is 0.228 e. The molecule has 5 nitrogen and oxygen atoms in total. The van der Waals surface area contributed by atoms with E-state index in [4.69, 9.17) is 4.99 Å². The summed E-state index contributed by atoms with van der Waals surface area (Å²) in [5.74, 6) is 1.12. The zero-order chi connectivity index (χ0) is 20.5. The molecule has 152 valence electrons. The summed E-state index contributed by atoms with van der Waals surface area (Å²) in [5, 5.41) is 7.32. The molecule has 4 rings (SSSR count). The van der Waals surface area contributed by atoms with E-state index in [1.54, 1.807) is 0 Å². The largest absolute Gasteiger partial charge is 0.370 e. The number of piperidine rings is 1. The van der Waals surface area contributed by atoms with Gasteiger partial charge in [0.05, 0.1) is 24.5 Å². The summed E-state index contributed by atoms with van der Waals surface area (Å²) in [6.45, 7) is 8.00. The number of likely N-dealkylation sites (tertiary alicyclic amines) is 1. The fourth-order valence-corrected chi connectivity index (χ4v) is 4.21. The number of carbonyl (C=O) groups is 1. The lowest BCUT2D eigenvalue weighted by Crippen LogP contribution is -2.63. The van der Waals surface area contributed by atoms with E-state index < -0.39 is 0 Å². The molecule has 2 N–H and O–H groups in total. The molecular formula is C24H30N4O. The van der Waals surface area contributed by atoms with E-state index in [1.165, 1.54) is 5.56 Å². The Morgan fingerprint density at radius 3 is 2.48 bits per heavy atom. The summed E-state index contributed by atoms with van der Waals surface area (Å²) in [5.41, 5.74) is 2.50. The lowest BCUT2D eigenvalue weighted by molar-refractivity contribution is -0.140. The van der Waals surface area contributed by atoms with Gasteiger partial charge in [-0.05, 0) is 30.5 Å². The number of amides is 1. The Labute approximate surface area is 173 Å². The molecule has 1 atom stereocenters. The van der Waals surface area contributed by atoms with Crippen LogP contribution in [0.1, 0.15) is 39.2 Å². The van der Waals surface area contributed by atoms with Crippen LogP contribution in [0.15, 0.2) is 59.6 Å². The number of fused-ring (bicyclic) bond motifs is 1. The Morgan fingerprint density at radius 1 is 1.07 bits per heavy atom. The van der Waals surface area contributed by atoms with Crippen molar-refractivity contribution in [2.75, 3.05) is 23.7 Å². The van der Waals surface area contributed by atoms with Crippen LogP contribution in [-0.2, 0) is 11.3 Å². The van der Waals surface area contributed by atoms with Crippen LogP contribution in [0.3, 0.4) is 0 Å². The van der Waals surface area contributed by atoms with E-state index >= 15 is 0 Å². The molecule has 2 aliphatic heterocycles. The fourth-order valence-electron chi connectivity index (χ4n) is 4.21. The maximum Gasteiger partial charge on any atom is 0.228 e. The van der Waals surface area contributed by atoms with Crippen molar-refractivity contribution in [1.29, 1.82) is 0 Å². The van der Waals surface area contributed by atoms with E-state index in [1.807, 2.05) is 56.0 Å². The Hall–Kier alpha value is -2.82. The number of nitrogens with zero attached hydrogens (tertiary/aromatic N) is 2. The molecule has 2 aromatic rings. The van der Waals surface area contributed by atoms with Crippen molar-refractivity contribution in [3.8, 4) is 0 Å². The molecule has 29 heavy (non-hydrogen) atoms. The number of hydrogen-bond donors (Lipinski definition) is 2. The van der Waals surface area contributed by atoms with Crippen LogP contribution in [0.4, 0.5) is 11.4 Å². The highest BCUT2D eigenvalue weighted by atomic mass is 16.2. The number of aliphatic imine (C=N–C) groups is 1.